The van der Waals surface area contributed by atoms with Crippen LogP contribution in [0.15, 0.2) is 0 Å². The molecule has 0 atom stereocenters. The third-order valence-corrected chi connectivity index (χ3v) is 3.55. The first-order valence-corrected chi connectivity index (χ1v) is 8.39. The second-order valence-corrected chi connectivity index (χ2v) is 6.16. The van der Waals surface area contributed by atoms with Crippen molar-refractivity contribution in [1.82, 2.24) is 9.80 Å². The van der Waals surface area contributed by atoms with Crippen LogP contribution in [0.1, 0.15) is 0 Å². The van der Waals surface area contributed by atoms with Gasteiger partial charge in [-0.15, -0.1) is 0 Å². The van der Waals surface area contributed by atoms with E-state index in [1.165, 1.54) is 0 Å². The summed E-state index contributed by atoms with van der Waals surface area (Å²) in [7, 11) is -3.84. The first kappa shape index (κ1) is 19.1. The van der Waals surface area contributed by atoms with Crippen molar-refractivity contribution >= 4 is 22.7 Å². The summed E-state index contributed by atoms with van der Waals surface area (Å²) in [6.45, 7) is 4.65. The second kappa shape index (κ2) is 10.8. The molecule has 0 radical (unpaired) electrons. The molecule has 0 unspecified atom stereocenters. The summed E-state index contributed by atoms with van der Waals surface area (Å²) >= 11 is 3.67. The number of nitrogens with zero attached hydrogens (tertiary/aromatic N) is 2. The van der Waals surface area contributed by atoms with E-state index in [2.05, 4.69) is 17.5 Å². The van der Waals surface area contributed by atoms with Gasteiger partial charge in [0.2, 0.25) is 0 Å². The van der Waals surface area contributed by atoms with Gasteiger partial charge in [-0.25, -0.2) is 0 Å². The Morgan fingerprint density at radius 1 is 0.947 bits per heavy atom. The molecule has 0 amide bonds. The Bertz CT molecular complexity index is 303. The fourth-order valence-corrected chi connectivity index (χ4v) is 2.11. The Hall–Kier alpha value is 0.1000. The Morgan fingerprint density at radius 2 is 1.37 bits per heavy atom. The van der Waals surface area contributed by atoms with Crippen LogP contribution in [0.4, 0.5) is 0 Å². The highest BCUT2D eigenvalue weighted by Gasteiger charge is 2.17. The number of β-amino-alcohol motifs (C(OH)–C–C–N with tert-alkyl or cyclic N) is 1. The molecule has 9 heteroatoms. The average molecular weight is 316 g/mol. The number of aliphatic hydroxyl groups excluding tert-OH is 2. The molecule has 0 saturated carbocycles. The fraction of sp³-hybridized carbons (Fsp3) is 1.00. The van der Waals surface area contributed by atoms with Gasteiger partial charge in [-0.3, -0.25) is 14.4 Å². The lowest BCUT2D eigenvalue weighted by atomic mass is 10.3. The molecular formula is C10H24N2O5S2. The number of hydrogen-bond acceptors (Lipinski definition) is 7. The first-order valence-electron chi connectivity index (χ1n) is 6.15. The molecule has 1 aliphatic rings. The van der Waals surface area contributed by atoms with Gasteiger partial charge in [0, 0.05) is 45.0 Å². The van der Waals surface area contributed by atoms with Crippen LogP contribution in [0.2, 0.25) is 0 Å². The third kappa shape index (κ3) is 11.6. The van der Waals surface area contributed by atoms with Gasteiger partial charge in [0.15, 0.2) is 0 Å². The molecule has 0 aliphatic carbocycles. The van der Waals surface area contributed by atoms with Crippen LogP contribution in [0, 0.1) is 0 Å². The van der Waals surface area contributed by atoms with Gasteiger partial charge < -0.3 is 10.2 Å². The van der Waals surface area contributed by atoms with Crippen molar-refractivity contribution < 1.29 is 23.2 Å². The molecule has 0 spiro atoms. The number of piperazine rings is 1. The highest BCUT2D eigenvalue weighted by molar-refractivity contribution is 7.85. The first-order chi connectivity index (χ1) is 8.92. The summed E-state index contributed by atoms with van der Waals surface area (Å²) in [6.07, 6.45) is 0. The number of hydrogen-bond donors (Lipinski definition) is 4. The maximum absolute atomic E-state index is 10.5. The summed E-state index contributed by atoms with van der Waals surface area (Å²) in [5.74, 6) is 0.368. The molecular weight excluding hydrogens is 292 g/mol. The van der Waals surface area contributed by atoms with E-state index in [0.29, 0.717) is 18.8 Å². The number of rotatable bonds is 6. The monoisotopic (exact) mass is 316 g/mol. The zero-order valence-electron chi connectivity index (χ0n) is 11.0. The van der Waals surface area contributed by atoms with Crippen molar-refractivity contribution in [1.29, 1.82) is 0 Å². The van der Waals surface area contributed by atoms with Crippen LogP contribution in [0.5, 0.6) is 0 Å². The van der Waals surface area contributed by atoms with Crippen LogP contribution in [-0.4, -0.2) is 97.0 Å². The second-order valence-electron chi connectivity index (χ2n) is 4.14. The molecule has 7 nitrogen and oxygen atoms in total. The van der Waals surface area contributed by atoms with E-state index >= 15 is 0 Å². The molecule has 0 bridgehead atoms. The van der Waals surface area contributed by atoms with Gasteiger partial charge in [0.25, 0.3) is 10.1 Å². The minimum atomic E-state index is -3.84. The van der Waals surface area contributed by atoms with E-state index in [0.717, 1.165) is 26.2 Å². The van der Waals surface area contributed by atoms with E-state index in [1.807, 2.05) is 4.90 Å². The minimum absolute atomic E-state index is 0.158. The molecule has 3 N–H and O–H groups in total. The Kier molecular flexibility index (Phi) is 10.9. The van der Waals surface area contributed by atoms with Crippen molar-refractivity contribution in [3.05, 3.63) is 0 Å². The van der Waals surface area contributed by atoms with Crippen molar-refractivity contribution in [2.45, 2.75) is 0 Å². The zero-order chi connectivity index (χ0) is 14.7. The predicted molar refractivity (Wildman–Crippen MR) is 77.3 cm³/mol. The predicted octanol–water partition coefficient (Wildman–Crippen LogP) is -1.61. The smallest absolute Gasteiger partial charge is 0.266 e. The topological polar surface area (TPSA) is 101 Å². The van der Waals surface area contributed by atoms with Crippen molar-refractivity contribution in [2.75, 3.05) is 64.0 Å². The van der Waals surface area contributed by atoms with E-state index in [4.69, 9.17) is 14.8 Å². The van der Waals surface area contributed by atoms with Crippen LogP contribution >= 0.6 is 12.6 Å². The normalized spacial score (nSPS) is 17.9. The molecule has 1 heterocycles. The van der Waals surface area contributed by atoms with E-state index < -0.39 is 10.1 Å². The maximum Gasteiger partial charge on any atom is 0.266 e. The van der Waals surface area contributed by atoms with Crippen molar-refractivity contribution in [3.63, 3.8) is 0 Å². The summed E-state index contributed by atoms with van der Waals surface area (Å²) < 4.78 is 29.6. The number of aliphatic hydroxyl groups is 2. The third-order valence-electron chi connectivity index (χ3n) is 2.65. The number of thiol groups is 1. The zero-order valence-corrected chi connectivity index (χ0v) is 12.7. The van der Waals surface area contributed by atoms with Crippen molar-refractivity contribution in [2.24, 2.45) is 0 Å². The molecule has 19 heavy (non-hydrogen) atoms. The van der Waals surface area contributed by atoms with E-state index in [-0.39, 0.29) is 19.0 Å². The van der Waals surface area contributed by atoms with Crippen molar-refractivity contribution in [3.8, 4) is 0 Å². The molecule has 0 aromatic rings. The van der Waals surface area contributed by atoms with Gasteiger partial charge in [0.05, 0.1) is 19.0 Å². The SMILES string of the molecule is O=S(=O)(O)CCN1CCN(CCO)CC1.OCCS. The van der Waals surface area contributed by atoms with Crippen LogP contribution < -0.4 is 0 Å². The van der Waals surface area contributed by atoms with Gasteiger partial charge in [0.1, 0.15) is 0 Å². The van der Waals surface area contributed by atoms with Gasteiger partial charge in [-0.2, -0.15) is 21.0 Å². The molecule has 0 aromatic carbocycles. The maximum atomic E-state index is 10.5. The van der Waals surface area contributed by atoms with Gasteiger partial charge in [-0.1, -0.05) is 0 Å². The molecule has 1 fully saturated rings. The standard InChI is InChI=1S/C8H18N2O4S.C2H6OS/c11-7-5-9-1-3-10(4-2-9)6-8-15(12,13)14;3-1-2-4/h11H,1-8H2,(H,12,13,14);3-4H,1-2H2. The van der Waals surface area contributed by atoms with E-state index in [1.54, 1.807) is 0 Å². The molecule has 1 saturated heterocycles. The quantitative estimate of drug-likeness (QED) is 0.345. The fourth-order valence-electron chi connectivity index (χ4n) is 1.62. The molecule has 1 aliphatic heterocycles. The largest absolute Gasteiger partial charge is 0.396 e. The highest BCUT2D eigenvalue weighted by atomic mass is 32.2. The Balaban J connectivity index is 0.000000711. The van der Waals surface area contributed by atoms with Crippen LogP contribution in [0.25, 0.3) is 0 Å². The summed E-state index contributed by atoms with van der Waals surface area (Å²) in [6, 6.07) is 0. The highest BCUT2D eigenvalue weighted by Crippen LogP contribution is 2.01. The van der Waals surface area contributed by atoms with E-state index in [9.17, 15) is 8.42 Å². The van der Waals surface area contributed by atoms with Gasteiger partial charge in [-0.05, 0) is 0 Å². The van der Waals surface area contributed by atoms with Crippen LogP contribution in [-0.2, 0) is 10.1 Å². The summed E-state index contributed by atoms with van der Waals surface area (Å²) in [5, 5.41) is 16.5. The lowest BCUT2D eigenvalue weighted by molar-refractivity contribution is 0.116. The molecule has 0 aromatic heterocycles. The lowest BCUT2D eigenvalue weighted by Gasteiger charge is -2.33. The summed E-state index contributed by atoms with van der Waals surface area (Å²) in [4.78, 5) is 4.13. The van der Waals surface area contributed by atoms with Crippen LogP contribution in [0.3, 0.4) is 0 Å². The summed E-state index contributed by atoms with van der Waals surface area (Å²) in [5.41, 5.74) is 0. The Morgan fingerprint density at radius 3 is 1.68 bits per heavy atom. The van der Waals surface area contributed by atoms with Gasteiger partial charge >= 0.3 is 0 Å². The Labute approximate surface area is 120 Å². The molecule has 116 valence electrons. The minimum Gasteiger partial charge on any atom is -0.396 e. The lowest BCUT2D eigenvalue weighted by Crippen LogP contribution is -2.48. The molecule has 1 rings (SSSR count). The average Bonchev–Trinajstić information content (AvgIpc) is 2.38.